The van der Waals surface area contributed by atoms with Gasteiger partial charge in [-0.2, -0.15) is 4.31 Å². The molecule has 21 heavy (non-hydrogen) atoms. The molecule has 0 aromatic carbocycles. The Hall–Kier alpha value is -0.660. The van der Waals surface area contributed by atoms with Crippen LogP contribution in [-0.4, -0.2) is 37.3 Å². The van der Waals surface area contributed by atoms with Gasteiger partial charge in [0.15, 0.2) is 0 Å². The van der Waals surface area contributed by atoms with Gasteiger partial charge in [-0.1, -0.05) is 20.8 Å². The third-order valence-electron chi connectivity index (χ3n) is 2.93. The molecule has 0 radical (unpaired) electrons. The first-order valence-corrected chi connectivity index (χ1v) is 9.60. The second kappa shape index (κ2) is 8.70. The molecule has 1 aromatic rings. The Morgan fingerprint density at radius 1 is 1.19 bits per heavy atom. The van der Waals surface area contributed by atoms with Crippen LogP contribution in [0.2, 0.25) is 0 Å². The molecule has 1 N–H and O–H groups in total. The van der Waals surface area contributed by atoms with Gasteiger partial charge >= 0.3 is 0 Å². The van der Waals surface area contributed by atoms with Crippen molar-refractivity contribution in [2.45, 2.75) is 44.9 Å². The number of hydrogen-bond donors (Lipinski definition) is 1. The molecule has 7 heteroatoms. The summed E-state index contributed by atoms with van der Waals surface area (Å²) in [6, 6.07) is 1.62. The molecule has 0 aliphatic rings. The molecule has 0 atom stereocenters. The van der Waals surface area contributed by atoms with Crippen LogP contribution >= 0.6 is 15.9 Å². The fraction of sp³-hybridized carbons (Fsp3) is 0.643. The highest BCUT2D eigenvalue weighted by molar-refractivity contribution is 9.10. The van der Waals surface area contributed by atoms with Crippen LogP contribution < -0.4 is 5.32 Å². The molecule has 0 saturated carbocycles. The van der Waals surface area contributed by atoms with Crippen molar-refractivity contribution in [1.29, 1.82) is 0 Å². The zero-order valence-corrected chi connectivity index (χ0v) is 15.3. The van der Waals surface area contributed by atoms with Crippen molar-refractivity contribution in [1.82, 2.24) is 9.29 Å². The van der Waals surface area contributed by atoms with Gasteiger partial charge in [-0.25, -0.2) is 13.4 Å². The fourth-order valence-electron chi connectivity index (χ4n) is 1.98. The van der Waals surface area contributed by atoms with Crippen molar-refractivity contribution in [3.63, 3.8) is 0 Å². The predicted molar refractivity (Wildman–Crippen MR) is 90.1 cm³/mol. The average Bonchev–Trinajstić information content (AvgIpc) is 2.45. The Kier molecular flexibility index (Phi) is 7.62. The van der Waals surface area contributed by atoms with Crippen LogP contribution in [0, 0.1) is 0 Å². The van der Waals surface area contributed by atoms with Crippen LogP contribution in [0.25, 0.3) is 0 Å². The van der Waals surface area contributed by atoms with Gasteiger partial charge in [0.2, 0.25) is 10.0 Å². The summed E-state index contributed by atoms with van der Waals surface area (Å²) < 4.78 is 27.9. The van der Waals surface area contributed by atoms with E-state index >= 15 is 0 Å². The number of hydrogen-bond acceptors (Lipinski definition) is 4. The topological polar surface area (TPSA) is 62.3 Å². The Balaban J connectivity index is 3.23. The quantitative estimate of drug-likeness (QED) is 0.715. The molecule has 1 heterocycles. The van der Waals surface area contributed by atoms with E-state index in [1.165, 1.54) is 4.31 Å². The van der Waals surface area contributed by atoms with Crippen molar-refractivity contribution in [3.05, 3.63) is 16.7 Å². The molecule has 0 bridgehead atoms. The Bertz CT molecular complexity index is 543. The molecule has 0 amide bonds. The largest absolute Gasteiger partial charge is 0.369 e. The van der Waals surface area contributed by atoms with Gasteiger partial charge in [0, 0.05) is 30.3 Å². The van der Waals surface area contributed by atoms with Gasteiger partial charge in [0.05, 0.1) is 0 Å². The summed E-state index contributed by atoms with van der Waals surface area (Å²) in [5.74, 6) is 0.428. The third kappa shape index (κ3) is 4.93. The summed E-state index contributed by atoms with van der Waals surface area (Å²) in [7, 11) is -3.53. The van der Waals surface area contributed by atoms with Crippen molar-refractivity contribution >= 4 is 31.8 Å². The molecule has 1 aromatic heterocycles. The number of sulfonamides is 1. The molecular weight excluding hydrogens is 354 g/mol. The van der Waals surface area contributed by atoms with E-state index in [9.17, 15) is 8.42 Å². The molecule has 0 spiro atoms. The highest BCUT2D eigenvalue weighted by Crippen LogP contribution is 2.26. The van der Waals surface area contributed by atoms with E-state index < -0.39 is 10.0 Å². The van der Waals surface area contributed by atoms with Gasteiger partial charge in [-0.15, -0.1) is 0 Å². The first-order valence-electron chi connectivity index (χ1n) is 7.36. The van der Waals surface area contributed by atoms with Crippen molar-refractivity contribution < 1.29 is 8.42 Å². The normalized spacial score (nSPS) is 11.9. The molecular formula is C14H24BrN3O2S. The minimum Gasteiger partial charge on any atom is -0.369 e. The maximum atomic E-state index is 12.9. The van der Waals surface area contributed by atoms with Gasteiger partial charge in [-0.3, -0.25) is 0 Å². The number of anilines is 1. The lowest BCUT2D eigenvalue weighted by molar-refractivity contribution is 0.410. The Morgan fingerprint density at radius 2 is 1.81 bits per heavy atom. The number of pyridine rings is 1. The molecule has 1 rings (SSSR count). The minimum atomic E-state index is -3.53. The van der Waals surface area contributed by atoms with Crippen LogP contribution in [0.3, 0.4) is 0 Å². The fourth-order valence-corrected chi connectivity index (χ4v) is 4.24. The van der Waals surface area contributed by atoms with E-state index in [0.29, 0.717) is 29.9 Å². The van der Waals surface area contributed by atoms with E-state index in [1.54, 1.807) is 12.3 Å². The average molecular weight is 378 g/mol. The zero-order valence-electron chi connectivity index (χ0n) is 12.9. The smallest absolute Gasteiger partial charge is 0.246 e. The summed E-state index contributed by atoms with van der Waals surface area (Å²) >= 11 is 3.31. The second-order valence-corrected chi connectivity index (χ2v) is 7.65. The van der Waals surface area contributed by atoms with Gasteiger partial charge < -0.3 is 5.32 Å². The van der Waals surface area contributed by atoms with E-state index in [0.717, 1.165) is 19.3 Å². The summed E-state index contributed by atoms with van der Waals surface area (Å²) in [5, 5.41) is 3.10. The number of rotatable bonds is 9. The van der Waals surface area contributed by atoms with Crippen LogP contribution in [-0.2, 0) is 10.0 Å². The lowest BCUT2D eigenvalue weighted by Gasteiger charge is -2.22. The molecule has 5 nitrogen and oxygen atoms in total. The minimum absolute atomic E-state index is 0.243. The standard InChI is InChI=1S/C14H24BrN3O2S/c1-4-7-16-14-13(10-12(15)11-17-14)21(19,20)18(8-5-2)9-6-3/h10-11H,4-9H2,1-3H3,(H,16,17). The maximum absolute atomic E-state index is 12.9. The van der Waals surface area contributed by atoms with Gasteiger partial charge in [0.1, 0.15) is 10.7 Å². The molecule has 0 saturated heterocycles. The highest BCUT2D eigenvalue weighted by atomic mass is 79.9. The van der Waals surface area contributed by atoms with Crippen LogP contribution in [0.5, 0.6) is 0 Å². The molecule has 120 valence electrons. The van der Waals surface area contributed by atoms with Crippen molar-refractivity contribution in [2.24, 2.45) is 0 Å². The van der Waals surface area contributed by atoms with Gasteiger partial charge in [-0.05, 0) is 41.3 Å². The van der Waals surface area contributed by atoms with E-state index in [-0.39, 0.29) is 4.90 Å². The molecule has 0 aliphatic heterocycles. The number of nitrogens with one attached hydrogen (secondary N) is 1. The summed E-state index contributed by atoms with van der Waals surface area (Å²) in [6.07, 6.45) is 4.10. The number of aromatic nitrogens is 1. The summed E-state index contributed by atoms with van der Waals surface area (Å²) in [4.78, 5) is 4.46. The monoisotopic (exact) mass is 377 g/mol. The SMILES string of the molecule is CCCNc1ncc(Br)cc1S(=O)(=O)N(CCC)CCC. The first kappa shape index (κ1) is 18.4. The first-order chi connectivity index (χ1) is 9.97. The van der Waals surface area contributed by atoms with Crippen molar-refractivity contribution in [2.75, 3.05) is 25.0 Å². The van der Waals surface area contributed by atoms with Crippen molar-refractivity contribution in [3.8, 4) is 0 Å². The Labute approximate surface area is 136 Å². The molecule has 0 unspecified atom stereocenters. The zero-order chi connectivity index (χ0) is 15.9. The second-order valence-electron chi connectivity index (χ2n) is 4.83. The van der Waals surface area contributed by atoms with E-state index in [4.69, 9.17) is 0 Å². The van der Waals surface area contributed by atoms with Crippen LogP contribution in [0.15, 0.2) is 21.6 Å². The van der Waals surface area contributed by atoms with E-state index in [1.807, 2.05) is 20.8 Å². The highest BCUT2D eigenvalue weighted by Gasteiger charge is 2.27. The number of nitrogens with zero attached hydrogens (tertiary/aromatic N) is 2. The predicted octanol–water partition coefficient (Wildman–Crippen LogP) is 3.48. The molecule has 0 aliphatic carbocycles. The maximum Gasteiger partial charge on any atom is 0.246 e. The van der Waals surface area contributed by atoms with Crippen LogP contribution in [0.4, 0.5) is 5.82 Å². The lowest BCUT2D eigenvalue weighted by atomic mass is 10.4. The summed E-state index contributed by atoms with van der Waals surface area (Å²) in [6.45, 7) is 7.73. The van der Waals surface area contributed by atoms with Crippen LogP contribution in [0.1, 0.15) is 40.0 Å². The Morgan fingerprint density at radius 3 is 2.33 bits per heavy atom. The van der Waals surface area contributed by atoms with E-state index in [2.05, 4.69) is 26.2 Å². The summed E-state index contributed by atoms with van der Waals surface area (Å²) in [5.41, 5.74) is 0. The third-order valence-corrected chi connectivity index (χ3v) is 5.27. The van der Waals surface area contributed by atoms with Gasteiger partial charge in [0.25, 0.3) is 0 Å². The molecule has 0 fully saturated rings. The lowest BCUT2D eigenvalue weighted by Crippen LogP contribution is -2.33. The number of halogens is 1.